The van der Waals surface area contributed by atoms with Gasteiger partial charge in [0.1, 0.15) is 0 Å². The molecule has 0 spiro atoms. The molecule has 5 heteroatoms. The normalized spacial score (nSPS) is 26.8. The Hall–Kier alpha value is -0.870. The quantitative estimate of drug-likeness (QED) is 0.929. The molecular formula is C15H24ClN3O. The molecule has 1 aromatic heterocycles. The van der Waals surface area contributed by atoms with Crippen molar-refractivity contribution < 1.29 is 4.79 Å². The Morgan fingerprint density at radius 1 is 1.60 bits per heavy atom. The maximum absolute atomic E-state index is 12.6. The van der Waals surface area contributed by atoms with Gasteiger partial charge in [0, 0.05) is 6.54 Å². The van der Waals surface area contributed by atoms with E-state index in [-0.39, 0.29) is 12.2 Å². The van der Waals surface area contributed by atoms with Crippen molar-refractivity contribution in [1.82, 2.24) is 9.78 Å². The minimum Gasteiger partial charge on any atom is -0.319 e. The van der Waals surface area contributed by atoms with E-state index in [0.717, 1.165) is 30.7 Å². The lowest BCUT2D eigenvalue weighted by atomic mass is 9.74. The zero-order valence-electron chi connectivity index (χ0n) is 12.6. The fraction of sp³-hybridized carbons (Fsp3) is 0.733. The highest BCUT2D eigenvalue weighted by Crippen LogP contribution is 2.32. The van der Waals surface area contributed by atoms with E-state index in [2.05, 4.69) is 12.0 Å². The molecule has 2 atom stereocenters. The second-order valence-electron chi connectivity index (χ2n) is 6.12. The number of Topliss-reactive ketones (excluding diaryl/α,β-unsaturated/α-hetero) is 1. The van der Waals surface area contributed by atoms with Crippen LogP contribution in [0.4, 0.5) is 0 Å². The van der Waals surface area contributed by atoms with Crippen LogP contribution in [-0.4, -0.2) is 21.1 Å². The van der Waals surface area contributed by atoms with Crippen LogP contribution in [0.3, 0.4) is 0 Å². The molecule has 1 aliphatic rings. The fourth-order valence-corrected chi connectivity index (χ4v) is 3.41. The van der Waals surface area contributed by atoms with Gasteiger partial charge in [0.25, 0.3) is 0 Å². The molecule has 1 aromatic rings. The summed E-state index contributed by atoms with van der Waals surface area (Å²) >= 11 is 6.27. The molecule has 0 bridgehead atoms. The number of hydrogen-bond donors (Lipinski definition) is 1. The maximum atomic E-state index is 12.6. The smallest absolute Gasteiger partial charge is 0.158 e. The van der Waals surface area contributed by atoms with E-state index in [1.807, 2.05) is 18.5 Å². The predicted molar refractivity (Wildman–Crippen MR) is 80.9 cm³/mol. The summed E-state index contributed by atoms with van der Waals surface area (Å²) in [5.41, 5.74) is 7.27. The Morgan fingerprint density at radius 3 is 2.90 bits per heavy atom. The third-order valence-corrected chi connectivity index (χ3v) is 4.86. The Bertz CT molecular complexity index is 511. The van der Waals surface area contributed by atoms with Crippen LogP contribution in [0.5, 0.6) is 0 Å². The minimum atomic E-state index is -0.683. The zero-order valence-corrected chi connectivity index (χ0v) is 13.3. The average molecular weight is 298 g/mol. The fourth-order valence-electron chi connectivity index (χ4n) is 3.21. The molecule has 0 aliphatic heterocycles. The van der Waals surface area contributed by atoms with Crippen LogP contribution in [0.2, 0.25) is 5.02 Å². The molecule has 1 fully saturated rings. The Kier molecular flexibility index (Phi) is 4.55. The summed E-state index contributed by atoms with van der Waals surface area (Å²) in [7, 11) is 0. The van der Waals surface area contributed by atoms with Gasteiger partial charge in [-0.05, 0) is 32.6 Å². The molecule has 0 saturated heterocycles. The summed E-state index contributed by atoms with van der Waals surface area (Å²) in [6.45, 7) is 6.74. The molecule has 2 N–H and O–H groups in total. The van der Waals surface area contributed by atoms with Crippen molar-refractivity contribution in [3.8, 4) is 0 Å². The molecule has 1 heterocycles. The second-order valence-corrected chi connectivity index (χ2v) is 6.50. The van der Waals surface area contributed by atoms with Gasteiger partial charge < -0.3 is 5.73 Å². The number of carbonyl (C=O) groups is 1. The van der Waals surface area contributed by atoms with Gasteiger partial charge in [-0.15, -0.1) is 0 Å². The number of halogens is 1. The third-order valence-electron chi connectivity index (χ3n) is 4.37. The maximum Gasteiger partial charge on any atom is 0.158 e. The second kappa shape index (κ2) is 5.86. The summed E-state index contributed by atoms with van der Waals surface area (Å²) in [6, 6.07) is 0. The number of ketones is 1. The van der Waals surface area contributed by atoms with Crippen molar-refractivity contribution in [3.05, 3.63) is 16.4 Å². The molecule has 1 saturated carbocycles. The number of aromatic nitrogens is 2. The molecule has 1 aliphatic carbocycles. The molecule has 4 nitrogen and oxygen atoms in total. The van der Waals surface area contributed by atoms with E-state index >= 15 is 0 Å². The van der Waals surface area contributed by atoms with Crippen LogP contribution in [0, 0.1) is 12.8 Å². The Labute approximate surface area is 125 Å². The van der Waals surface area contributed by atoms with Crippen molar-refractivity contribution in [2.24, 2.45) is 11.7 Å². The lowest BCUT2D eigenvalue weighted by Gasteiger charge is -2.35. The minimum absolute atomic E-state index is 0.0977. The van der Waals surface area contributed by atoms with Gasteiger partial charge in [-0.2, -0.15) is 5.10 Å². The number of nitrogens with zero attached hydrogens (tertiary/aromatic N) is 2. The lowest BCUT2D eigenvalue weighted by molar-refractivity contribution is -0.125. The van der Waals surface area contributed by atoms with E-state index in [4.69, 9.17) is 17.3 Å². The first-order valence-electron chi connectivity index (χ1n) is 7.41. The largest absolute Gasteiger partial charge is 0.319 e. The van der Waals surface area contributed by atoms with Gasteiger partial charge in [-0.25, -0.2) is 0 Å². The van der Waals surface area contributed by atoms with Crippen molar-refractivity contribution in [1.29, 1.82) is 0 Å². The highest BCUT2D eigenvalue weighted by molar-refractivity contribution is 6.32. The van der Waals surface area contributed by atoms with E-state index in [0.29, 0.717) is 17.5 Å². The van der Waals surface area contributed by atoms with Crippen LogP contribution in [0.1, 0.15) is 50.9 Å². The van der Waals surface area contributed by atoms with Gasteiger partial charge in [-0.1, -0.05) is 31.4 Å². The molecule has 0 aromatic carbocycles. The highest BCUT2D eigenvalue weighted by Gasteiger charge is 2.38. The Balaban J connectivity index is 2.19. The number of carbonyl (C=O) groups excluding carboxylic acids is 1. The van der Waals surface area contributed by atoms with Crippen molar-refractivity contribution in [3.63, 3.8) is 0 Å². The van der Waals surface area contributed by atoms with Gasteiger partial charge >= 0.3 is 0 Å². The molecule has 0 radical (unpaired) electrons. The topological polar surface area (TPSA) is 60.9 Å². The SMILES string of the molecule is CCn1nc(C)c(Cl)c1CC(=O)C1(N)CCCC(C)C1. The van der Waals surface area contributed by atoms with E-state index in [1.165, 1.54) is 6.42 Å². The van der Waals surface area contributed by atoms with Crippen molar-refractivity contribution in [2.45, 2.75) is 65.0 Å². The standard InChI is InChI=1S/C15H24ClN3O/c1-4-19-12(14(16)11(3)18-19)8-13(20)15(17)7-5-6-10(2)9-15/h10H,4-9,17H2,1-3H3. The summed E-state index contributed by atoms with van der Waals surface area (Å²) < 4.78 is 1.81. The first-order chi connectivity index (χ1) is 9.37. The molecule has 2 rings (SSSR count). The van der Waals surface area contributed by atoms with Crippen molar-refractivity contribution >= 4 is 17.4 Å². The summed E-state index contributed by atoms with van der Waals surface area (Å²) in [6.07, 6.45) is 4.05. The molecular weight excluding hydrogens is 274 g/mol. The molecule has 2 unspecified atom stereocenters. The third kappa shape index (κ3) is 2.91. The first kappa shape index (κ1) is 15.5. The summed E-state index contributed by atoms with van der Waals surface area (Å²) in [5, 5.41) is 4.96. The van der Waals surface area contributed by atoms with Gasteiger partial charge in [0.2, 0.25) is 0 Å². The lowest BCUT2D eigenvalue weighted by Crippen LogP contribution is -2.51. The van der Waals surface area contributed by atoms with Gasteiger partial charge in [0.15, 0.2) is 5.78 Å². The van der Waals surface area contributed by atoms with Crippen LogP contribution in [0.25, 0.3) is 0 Å². The van der Waals surface area contributed by atoms with E-state index in [9.17, 15) is 4.79 Å². The van der Waals surface area contributed by atoms with E-state index < -0.39 is 5.54 Å². The first-order valence-corrected chi connectivity index (χ1v) is 7.79. The number of aryl methyl sites for hydroxylation is 2. The predicted octanol–water partition coefficient (Wildman–Crippen LogP) is 2.88. The highest BCUT2D eigenvalue weighted by atomic mass is 35.5. The van der Waals surface area contributed by atoms with Crippen LogP contribution in [-0.2, 0) is 17.8 Å². The van der Waals surface area contributed by atoms with Crippen LogP contribution < -0.4 is 5.73 Å². The summed E-state index contributed by atoms with van der Waals surface area (Å²) in [5.74, 6) is 0.617. The van der Waals surface area contributed by atoms with Gasteiger partial charge in [0.05, 0.1) is 28.4 Å². The average Bonchev–Trinajstić information content (AvgIpc) is 2.66. The van der Waals surface area contributed by atoms with Crippen LogP contribution in [0.15, 0.2) is 0 Å². The number of nitrogens with two attached hydrogens (primary N) is 1. The summed E-state index contributed by atoms with van der Waals surface area (Å²) in [4.78, 5) is 12.6. The number of rotatable bonds is 4. The monoisotopic (exact) mass is 297 g/mol. The molecule has 112 valence electrons. The molecule has 20 heavy (non-hydrogen) atoms. The van der Waals surface area contributed by atoms with Gasteiger partial charge in [-0.3, -0.25) is 9.48 Å². The molecule has 0 amide bonds. The zero-order chi connectivity index (χ0) is 14.9. The van der Waals surface area contributed by atoms with Crippen LogP contribution >= 0.6 is 11.6 Å². The number of hydrogen-bond acceptors (Lipinski definition) is 3. The Morgan fingerprint density at radius 2 is 2.30 bits per heavy atom. The van der Waals surface area contributed by atoms with Crippen molar-refractivity contribution in [2.75, 3.05) is 0 Å². The van der Waals surface area contributed by atoms with E-state index in [1.54, 1.807) is 0 Å².